The van der Waals surface area contributed by atoms with Crippen LogP contribution in [0.15, 0.2) is 72.9 Å². The van der Waals surface area contributed by atoms with Crippen molar-refractivity contribution in [2.24, 2.45) is 0 Å². The Kier molecular flexibility index (Phi) is 7.36. The van der Waals surface area contributed by atoms with E-state index in [0.29, 0.717) is 32.4 Å². The molecule has 5 rings (SSSR count). The molecule has 0 spiro atoms. The maximum atomic E-state index is 13.9. The number of halogens is 2. The molecule has 0 unspecified atom stereocenters. The first-order chi connectivity index (χ1) is 18.7. The molecule has 3 atom stereocenters. The zero-order valence-corrected chi connectivity index (χ0v) is 22.6. The average molecular weight is 566 g/mol. The van der Waals surface area contributed by atoms with Gasteiger partial charge in [0, 0.05) is 64.4 Å². The number of aromatic amines is 1. The van der Waals surface area contributed by atoms with Crippen LogP contribution in [-0.2, 0) is 25.5 Å². The van der Waals surface area contributed by atoms with Crippen molar-refractivity contribution in [3.63, 3.8) is 0 Å². The van der Waals surface area contributed by atoms with Gasteiger partial charge < -0.3 is 19.7 Å². The molecule has 10 heteroatoms. The highest BCUT2D eigenvalue weighted by Gasteiger charge is 2.44. The van der Waals surface area contributed by atoms with Crippen LogP contribution in [0, 0.1) is 0 Å². The number of carboxylic acid groups (broad SMARTS) is 1. The van der Waals surface area contributed by atoms with Gasteiger partial charge in [-0.15, -0.1) is 0 Å². The monoisotopic (exact) mass is 565 g/mol. The van der Waals surface area contributed by atoms with Gasteiger partial charge in [-0.3, -0.25) is 14.5 Å². The summed E-state index contributed by atoms with van der Waals surface area (Å²) in [5.74, 6) is -2.50. The minimum absolute atomic E-state index is 0.0503. The van der Waals surface area contributed by atoms with Crippen LogP contribution in [-0.4, -0.2) is 52.1 Å². The third-order valence-electron chi connectivity index (χ3n) is 6.95. The van der Waals surface area contributed by atoms with Crippen LogP contribution >= 0.6 is 23.2 Å². The highest BCUT2D eigenvalue weighted by molar-refractivity contribution is 6.31. The first-order valence-electron chi connectivity index (χ1n) is 12.2. The number of hydrogen-bond donors (Lipinski definition) is 2. The maximum Gasteiger partial charge on any atom is 0.326 e. The third kappa shape index (κ3) is 4.98. The lowest BCUT2D eigenvalue weighted by Gasteiger charge is -2.36. The summed E-state index contributed by atoms with van der Waals surface area (Å²) >= 11 is 12.9. The predicted octanol–water partition coefficient (Wildman–Crippen LogP) is 5.43. The van der Waals surface area contributed by atoms with Gasteiger partial charge >= 0.3 is 5.97 Å². The van der Waals surface area contributed by atoms with Crippen molar-refractivity contribution >= 4 is 57.6 Å². The Morgan fingerprint density at radius 3 is 2.51 bits per heavy atom. The Morgan fingerprint density at radius 1 is 1.08 bits per heavy atom. The third-order valence-corrected chi connectivity index (χ3v) is 7.53. The number of fused-ring (bicyclic) bond motifs is 2. The van der Waals surface area contributed by atoms with Crippen LogP contribution in [0.3, 0.4) is 0 Å². The molecule has 2 amide bonds. The average Bonchev–Trinajstić information content (AvgIpc) is 3.28. The number of benzene rings is 3. The highest BCUT2D eigenvalue weighted by atomic mass is 35.5. The lowest BCUT2D eigenvalue weighted by molar-refractivity contribution is -0.172. The van der Waals surface area contributed by atoms with Gasteiger partial charge in [0.1, 0.15) is 12.1 Å². The van der Waals surface area contributed by atoms with Gasteiger partial charge in [0.25, 0.3) is 5.91 Å². The summed E-state index contributed by atoms with van der Waals surface area (Å²) in [5.41, 5.74) is 3.13. The minimum Gasteiger partial charge on any atom is -0.480 e. The molecule has 0 saturated heterocycles. The van der Waals surface area contributed by atoms with Crippen molar-refractivity contribution in [2.45, 2.75) is 31.7 Å². The summed E-state index contributed by atoms with van der Waals surface area (Å²) in [5, 5.41) is 12.0. The molecule has 3 aromatic carbocycles. The molecule has 1 aliphatic rings. The number of likely N-dealkylation sites (N-methyl/N-ethyl adjacent to an activating group) is 1. The number of carbonyl (C=O) groups is 3. The van der Waals surface area contributed by atoms with Crippen molar-refractivity contribution in [3.8, 4) is 0 Å². The highest BCUT2D eigenvalue weighted by Crippen LogP contribution is 2.42. The molecule has 0 bridgehead atoms. The Labute approximate surface area is 234 Å². The van der Waals surface area contributed by atoms with E-state index in [1.54, 1.807) is 55.7 Å². The second kappa shape index (κ2) is 10.7. The number of carbonyl (C=O) groups excluding carboxylic acids is 2. The molecular formula is C29H25Cl2N3O5. The molecule has 2 heterocycles. The fourth-order valence-electron chi connectivity index (χ4n) is 5.06. The van der Waals surface area contributed by atoms with E-state index in [9.17, 15) is 19.5 Å². The largest absolute Gasteiger partial charge is 0.480 e. The number of nitrogens with zero attached hydrogens (tertiary/aromatic N) is 2. The molecule has 0 aliphatic carbocycles. The van der Waals surface area contributed by atoms with Crippen LogP contribution < -0.4 is 4.90 Å². The van der Waals surface area contributed by atoms with E-state index in [4.69, 9.17) is 27.9 Å². The van der Waals surface area contributed by atoms with Crippen LogP contribution in [0.25, 0.3) is 10.9 Å². The SMILES string of the molecule is CC(=O)N([C@@H](Cc1c[nH]c2ccccc12)C(=O)O)[C@H]1O[C@H](c2ccccc2Cl)c2cc(Cl)ccc2N(C)C1=O. The Hall–Kier alpha value is -3.85. The van der Waals surface area contributed by atoms with Gasteiger partial charge in [-0.2, -0.15) is 0 Å². The molecule has 0 radical (unpaired) electrons. The van der Waals surface area contributed by atoms with Crippen molar-refractivity contribution < 1.29 is 24.2 Å². The number of para-hydroxylation sites is 1. The van der Waals surface area contributed by atoms with Crippen molar-refractivity contribution in [1.29, 1.82) is 0 Å². The number of anilines is 1. The molecule has 0 saturated carbocycles. The minimum atomic E-state index is -1.56. The molecular weight excluding hydrogens is 541 g/mol. The van der Waals surface area contributed by atoms with Gasteiger partial charge in [0.05, 0.1) is 0 Å². The molecule has 1 aliphatic heterocycles. The standard InChI is InChI=1S/C29H25Cl2N3O5/c1-16(35)34(25(29(37)38)13-17-15-32-23-10-6-4-7-19(17)23)28-27(36)33(2)24-12-11-18(30)14-21(24)26(39-28)20-8-3-5-9-22(20)31/h3-12,14-15,25-26,28,32H,13H2,1-2H3,(H,37,38)/t25-,26+,28-/m0/s1. The fraction of sp³-hybridized carbons (Fsp3) is 0.207. The summed E-state index contributed by atoms with van der Waals surface area (Å²) in [7, 11) is 1.55. The fourth-order valence-corrected chi connectivity index (χ4v) is 5.48. The Balaban J connectivity index is 1.63. The summed E-state index contributed by atoms with van der Waals surface area (Å²) in [6, 6.07) is 18.0. The number of rotatable bonds is 6. The number of amides is 2. The quantitative estimate of drug-likeness (QED) is 0.324. The van der Waals surface area contributed by atoms with Gasteiger partial charge in [0.15, 0.2) is 0 Å². The maximum absolute atomic E-state index is 13.9. The topological polar surface area (TPSA) is 103 Å². The number of nitrogens with one attached hydrogen (secondary N) is 1. The number of ether oxygens (including phenoxy) is 1. The molecule has 200 valence electrons. The van der Waals surface area contributed by atoms with Crippen molar-refractivity contribution in [1.82, 2.24) is 9.88 Å². The number of aliphatic carboxylic acids is 1. The van der Waals surface area contributed by atoms with Crippen LogP contribution in [0.2, 0.25) is 10.0 Å². The zero-order chi connectivity index (χ0) is 27.8. The van der Waals surface area contributed by atoms with Crippen LogP contribution in [0.4, 0.5) is 5.69 Å². The van der Waals surface area contributed by atoms with E-state index >= 15 is 0 Å². The number of hydrogen-bond acceptors (Lipinski definition) is 4. The van der Waals surface area contributed by atoms with Gasteiger partial charge in [-0.05, 0) is 35.9 Å². The van der Waals surface area contributed by atoms with Crippen molar-refractivity contribution in [2.75, 3.05) is 11.9 Å². The Bertz CT molecular complexity index is 1590. The first kappa shape index (κ1) is 26.7. The summed E-state index contributed by atoms with van der Waals surface area (Å²) in [6.45, 7) is 1.22. The summed E-state index contributed by atoms with van der Waals surface area (Å²) in [4.78, 5) is 45.2. The molecule has 2 N–H and O–H groups in total. The molecule has 4 aromatic rings. The normalized spacial score (nSPS) is 17.9. The number of aromatic nitrogens is 1. The second-order valence-corrected chi connectivity index (χ2v) is 10.2. The van der Waals surface area contributed by atoms with E-state index in [2.05, 4.69) is 4.98 Å². The lowest BCUT2D eigenvalue weighted by Crippen LogP contribution is -2.57. The number of H-pyrrole nitrogens is 1. The predicted molar refractivity (Wildman–Crippen MR) is 149 cm³/mol. The summed E-state index contributed by atoms with van der Waals surface area (Å²) in [6.07, 6.45) is -0.821. The van der Waals surface area contributed by atoms with E-state index < -0.39 is 36.2 Å². The zero-order valence-electron chi connectivity index (χ0n) is 21.1. The van der Waals surface area contributed by atoms with Gasteiger partial charge in [-0.1, -0.05) is 59.6 Å². The first-order valence-corrected chi connectivity index (χ1v) is 13.0. The molecule has 8 nitrogen and oxygen atoms in total. The smallest absolute Gasteiger partial charge is 0.326 e. The van der Waals surface area contributed by atoms with E-state index in [1.807, 2.05) is 24.3 Å². The molecule has 39 heavy (non-hydrogen) atoms. The van der Waals surface area contributed by atoms with Gasteiger partial charge in [0.2, 0.25) is 12.1 Å². The van der Waals surface area contributed by atoms with E-state index in [-0.39, 0.29) is 6.42 Å². The van der Waals surface area contributed by atoms with Crippen LogP contribution in [0.1, 0.15) is 29.7 Å². The van der Waals surface area contributed by atoms with E-state index in [1.165, 1.54) is 11.8 Å². The van der Waals surface area contributed by atoms with E-state index in [0.717, 1.165) is 15.8 Å². The van der Waals surface area contributed by atoms with Gasteiger partial charge in [-0.25, -0.2) is 4.79 Å². The lowest BCUT2D eigenvalue weighted by atomic mass is 9.99. The van der Waals surface area contributed by atoms with Crippen LogP contribution in [0.5, 0.6) is 0 Å². The van der Waals surface area contributed by atoms with Crippen molar-refractivity contribution in [3.05, 3.63) is 99.7 Å². The molecule has 0 fully saturated rings. The number of carboxylic acids is 1. The Morgan fingerprint density at radius 2 is 1.79 bits per heavy atom. The summed E-state index contributed by atoms with van der Waals surface area (Å²) < 4.78 is 6.40. The second-order valence-electron chi connectivity index (χ2n) is 9.33. The molecule has 1 aromatic heterocycles.